The molecule has 1 unspecified atom stereocenters. The highest BCUT2D eigenvalue weighted by molar-refractivity contribution is 5.88. The highest BCUT2D eigenvalue weighted by Gasteiger charge is 2.35. The largest absolute Gasteiger partial charge is 0.344 e. The van der Waals surface area contributed by atoms with E-state index in [4.69, 9.17) is 5.73 Å². The van der Waals surface area contributed by atoms with Gasteiger partial charge in [-0.3, -0.25) is 9.59 Å². The molecule has 32 heavy (non-hydrogen) atoms. The molecule has 1 heterocycles. The highest BCUT2D eigenvalue weighted by Crippen LogP contribution is 2.20. The molecule has 2 amide bonds. The Balaban J connectivity index is 1.76. The quantitative estimate of drug-likeness (QED) is 0.543. The van der Waals surface area contributed by atoms with Gasteiger partial charge in [-0.25, -0.2) is 17.6 Å². The summed E-state index contributed by atoms with van der Waals surface area (Å²) in [6.07, 6.45) is 0.126. The number of halogens is 4. The van der Waals surface area contributed by atoms with Crippen LogP contribution in [0.3, 0.4) is 0 Å². The molecule has 0 aliphatic carbocycles. The van der Waals surface area contributed by atoms with Crippen molar-refractivity contribution in [2.75, 3.05) is 20.1 Å². The molecule has 2 N–H and O–H groups in total. The maximum Gasteiger partial charge on any atom is 0.245 e. The minimum atomic E-state index is -1.31. The van der Waals surface area contributed by atoms with Gasteiger partial charge < -0.3 is 15.5 Å². The Bertz CT molecular complexity index is 1000. The molecular weight excluding hydrogens is 426 g/mol. The topological polar surface area (TPSA) is 66.6 Å². The highest BCUT2D eigenvalue weighted by atomic mass is 19.2. The fourth-order valence-corrected chi connectivity index (χ4v) is 3.92. The van der Waals surface area contributed by atoms with Crippen LogP contribution in [0.4, 0.5) is 17.6 Å². The number of carbonyl (C=O) groups is 2. The number of carbonyl (C=O) groups excluding carboxylic acids is 2. The van der Waals surface area contributed by atoms with Crippen molar-refractivity contribution in [3.05, 3.63) is 70.8 Å². The summed E-state index contributed by atoms with van der Waals surface area (Å²) in [6, 6.07) is 5.42. The summed E-state index contributed by atoms with van der Waals surface area (Å²) in [4.78, 5) is 28.9. The van der Waals surface area contributed by atoms with Gasteiger partial charge in [0.05, 0.1) is 0 Å². The van der Waals surface area contributed by atoms with Crippen molar-refractivity contribution in [2.24, 2.45) is 5.73 Å². The molecular formula is C23H25F4N3O2. The third-order valence-electron chi connectivity index (χ3n) is 5.63. The van der Waals surface area contributed by atoms with Crippen molar-refractivity contribution in [1.29, 1.82) is 0 Å². The molecule has 3 rings (SSSR count). The van der Waals surface area contributed by atoms with Gasteiger partial charge in [0.15, 0.2) is 11.6 Å². The Morgan fingerprint density at radius 3 is 2.44 bits per heavy atom. The lowest BCUT2D eigenvalue weighted by atomic mass is 10.00. The average molecular weight is 451 g/mol. The van der Waals surface area contributed by atoms with Crippen LogP contribution in [0.5, 0.6) is 0 Å². The Kier molecular flexibility index (Phi) is 7.50. The molecule has 5 nitrogen and oxygen atoms in total. The van der Waals surface area contributed by atoms with Crippen molar-refractivity contribution in [1.82, 2.24) is 9.80 Å². The molecule has 2 aromatic rings. The zero-order valence-corrected chi connectivity index (χ0v) is 17.7. The third kappa shape index (κ3) is 5.45. The molecule has 1 fully saturated rings. The minimum Gasteiger partial charge on any atom is -0.344 e. The van der Waals surface area contributed by atoms with Gasteiger partial charge in [0, 0.05) is 45.1 Å². The Morgan fingerprint density at radius 2 is 1.72 bits per heavy atom. The molecule has 1 aliphatic rings. The predicted molar refractivity (Wildman–Crippen MR) is 110 cm³/mol. The van der Waals surface area contributed by atoms with E-state index in [-0.39, 0.29) is 37.3 Å². The van der Waals surface area contributed by atoms with Crippen LogP contribution >= 0.6 is 0 Å². The van der Waals surface area contributed by atoms with E-state index in [1.54, 1.807) is 25.2 Å². The summed E-state index contributed by atoms with van der Waals surface area (Å²) < 4.78 is 54.7. The molecule has 0 saturated carbocycles. The fourth-order valence-electron chi connectivity index (χ4n) is 3.92. The zero-order valence-electron chi connectivity index (χ0n) is 17.7. The molecule has 0 radical (unpaired) electrons. The van der Waals surface area contributed by atoms with Crippen LogP contribution < -0.4 is 5.73 Å². The van der Waals surface area contributed by atoms with Crippen molar-refractivity contribution in [3.8, 4) is 0 Å². The standard InChI is InChI=1S/C23H25F4N3O2/c1-29-7-4-8-30(21(23(29)32)11-14-5-2-3-6-17(14)24)22(31)12-16(28)9-15-10-19(26)20(27)13-18(15)25/h2-3,5-6,10,13,16,21H,4,7-9,11-12,28H2,1H3/t16-,21?/m1/s1. The van der Waals surface area contributed by atoms with Crippen LogP contribution in [0.2, 0.25) is 0 Å². The Hall–Kier alpha value is -2.94. The van der Waals surface area contributed by atoms with Gasteiger partial charge in [-0.15, -0.1) is 0 Å². The molecule has 2 atom stereocenters. The predicted octanol–water partition coefficient (Wildman–Crippen LogP) is 2.80. The molecule has 1 saturated heterocycles. The second-order valence-corrected chi connectivity index (χ2v) is 8.04. The lowest BCUT2D eigenvalue weighted by Crippen LogP contribution is -2.50. The molecule has 9 heteroatoms. The summed E-state index contributed by atoms with van der Waals surface area (Å²) in [5.74, 6) is -4.67. The van der Waals surface area contributed by atoms with E-state index in [1.807, 2.05) is 0 Å². The van der Waals surface area contributed by atoms with E-state index in [0.29, 0.717) is 24.6 Å². The fraction of sp³-hybridized carbons (Fsp3) is 0.391. The first kappa shape index (κ1) is 23.7. The van der Waals surface area contributed by atoms with Gasteiger partial charge in [0.1, 0.15) is 17.7 Å². The first-order valence-corrected chi connectivity index (χ1v) is 10.3. The van der Waals surface area contributed by atoms with Crippen LogP contribution in [0.1, 0.15) is 24.0 Å². The maximum atomic E-state index is 14.2. The summed E-state index contributed by atoms with van der Waals surface area (Å²) in [5, 5.41) is 0. The van der Waals surface area contributed by atoms with Gasteiger partial charge in [-0.1, -0.05) is 18.2 Å². The van der Waals surface area contributed by atoms with Crippen LogP contribution in [0.15, 0.2) is 36.4 Å². The second kappa shape index (κ2) is 10.1. The molecule has 0 spiro atoms. The number of hydrogen-bond donors (Lipinski definition) is 1. The minimum absolute atomic E-state index is 0.00856. The monoisotopic (exact) mass is 451 g/mol. The van der Waals surface area contributed by atoms with Gasteiger partial charge in [0.25, 0.3) is 0 Å². The average Bonchev–Trinajstić information content (AvgIpc) is 2.87. The summed E-state index contributed by atoms with van der Waals surface area (Å²) in [6.45, 7) is 0.725. The number of rotatable bonds is 6. The van der Waals surface area contributed by atoms with E-state index < -0.39 is 41.3 Å². The summed E-state index contributed by atoms with van der Waals surface area (Å²) in [7, 11) is 1.63. The molecule has 0 aromatic heterocycles. The van der Waals surface area contributed by atoms with E-state index in [0.717, 1.165) is 6.07 Å². The number of nitrogens with zero attached hydrogens (tertiary/aromatic N) is 2. The lowest BCUT2D eigenvalue weighted by Gasteiger charge is -2.31. The Morgan fingerprint density at radius 1 is 1.03 bits per heavy atom. The summed E-state index contributed by atoms with van der Waals surface area (Å²) in [5.41, 5.74) is 6.18. The zero-order chi connectivity index (χ0) is 23.4. The van der Waals surface area contributed by atoms with Gasteiger partial charge in [0.2, 0.25) is 11.8 Å². The number of hydrogen-bond acceptors (Lipinski definition) is 3. The number of amides is 2. The number of benzene rings is 2. The number of nitrogens with two attached hydrogens (primary N) is 1. The molecule has 172 valence electrons. The maximum absolute atomic E-state index is 14.2. The van der Waals surface area contributed by atoms with Crippen LogP contribution in [-0.4, -0.2) is 53.8 Å². The first-order chi connectivity index (χ1) is 15.2. The van der Waals surface area contributed by atoms with Gasteiger partial charge in [-0.2, -0.15) is 0 Å². The Labute approximate surface area is 183 Å². The molecule has 2 aromatic carbocycles. The van der Waals surface area contributed by atoms with E-state index in [1.165, 1.54) is 15.9 Å². The van der Waals surface area contributed by atoms with Crippen molar-refractivity contribution < 1.29 is 27.2 Å². The van der Waals surface area contributed by atoms with Gasteiger partial charge in [-0.05, 0) is 36.1 Å². The number of likely N-dealkylation sites (N-methyl/N-ethyl adjacent to an activating group) is 1. The molecule has 1 aliphatic heterocycles. The van der Waals surface area contributed by atoms with Crippen LogP contribution in [0, 0.1) is 23.3 Å². The van der Waals surface area contributed by atoms with E-state index in [9.17, 15) is 27.2 Å². The normalized spacial score (nSPS) is 17.9. The van der Waals surface area contributed by atoms with Crippen molar-refractivity contribution in [2.45, 2.75) is 37.8 Å². The lowest BCUT2D eigenvalue weighted by molar-refractivity contribution is -0.143. The SMILES string of the molecule is CN1CCCN(C(=O)C[C@H](N)Cc2cc(F)c(F)cc2F)C(Cc2ccccc2F)C1=O. The second-order valence-electron chi connectivity index (χ2n) is 8.04. The van der Waals surface area contributed by atoms with Crippen molar-refractivity contribution in [3.63, 3.8) is 0 Å². The van der Waals surface area contributed by atoms with Crippen molar-refractivity contribution >= 4 is 11.8 Å². The van der Waals surface area contributed by atoms with Crippen LogP contribution in [0.25, 0.3) is 0 Å². The smallest absolute Gasteiger partial charge is 0.245 e. The third-order valence-corrected chi connectivity index (χ3v) is 5.63. The van der Waals surface area contributed by atoms with Gasteiger partial charge >= 0.3 is 0 Å². The summed E-state index contributed by atoms with van der Waals surface area (Å²) >= 11 is 0. The van der Waals surface area contributed by atoms with E-state index in [2.05, 4.69) is 0 Å². The van der Waals surface area contributed by atoms with Crippen LogP contribution in [-0.2, 0) is 22.4 Å². The first-order valence-electron chi connectivity index (χ1n) is 10.3. The molecule has 0 bridgehead atoms. The van der Waals surface area contributed by atoms with E-state index >= 15 is 0 Å².